The van der Waals surface area contributed by atoms with Crippen LogP contribution in [0.1, 0.15) is 59.8 Å². The van der Waals surface area contributed by atoms with Gasteiger partial charge in [-0.15, -0.1) is 0 Å². The molecule has 1 aliphatic heterocycles. The van der Waals surface area contributed by atoms with Gasteiger partial charge in [0.15, 0.2) is 15.5 Å². The molecule has 2 aromatic heterocycles. The van der Waals surface area contributed by atoms with E-state index in [-0.39, 0.29) is 29.5 Å². The average Bonchev–Trinajstić information content (AvgIpc) is 3.47. The van der Waals surface area contributed by atoms with E-state index in [1.807, 2.05) is 44.2 Å². The lowest BCUT2D eigenvalue weighted by molar-refractivity contribution is 0.0939. The minimum Gasteiger partial charge on any atom is -0.349 e. The van der Waals surface area contributed by atoms with Crippen molar-refractivity contribution in [3.63, 3.8) is 0 Å². The highest BCUT2D eigenvalue weighted by molar-refractivity contribution is 7.91. The molecule has 1 atom stereocenters. The Kier molecular flexibility index (Phi) is 5.28. The molecular formula is C24H28N4O3S. The Hall–Kier alpha value is -2.74. The second-order valence-corrected chi connectivity index (χ2v) is 11.4. The van der Waals surface area contributed by atoms with Gasteiger partial charge < -0.3 is 5.32 Å². The number of benzene rings is 1. The zero-order valence-corrected chi connectivity index (χ0v) is 19.3. The molecule has 0 spiro atoms. The van der Waals surface area contributed by atoms with Gasteiger partial charge in [-0.25, -0.2) is 18.1 Å². The van der Waals surface area contributed by atoms with Gasteiger partial charge >= 0.3 is 0 Å². The molecule has 3 aromatic rings. The summed E-state index contributed by atoms with van der Waals surface area (Å²) in [7, 11) is -3.08. The first kappa shape index (κ1) is 21.1. The lowest BCUT2D eigenvalue weighted by atomic mass is 10.0. The van der Waals surface area contributed by atoms with Crippen LogP contribution in [0.25, 0.3) is 22.3 Å². The highest BCUT2D eigenvalue weighted by Crippen LogP contribution is 2.32. The van der Waals surface area contributed by atoms with Crippen LogP contribution in [0, 0.1) is 13.8 Å². The Balaban J connectivity index is 1.66. The molecule has 32 heavy (non-hydrogen) atoms. The van der Waals surface area contributed by atoms with Crippen molar-refractivity contribution in [2.75, 3.05) is 11.5 Å². The van der Waals surface area contributed by atoms with Crippen LogP contribution in [0.3, 0.4) is 0 Å². The van der Waals surface area contributed by atoms with Gasteiger partial charge in [-0.1, -0.05) is 42.7 Å². The summed E-state index contributed by atoms with van der Waals surface area (Å²) in [5.74, 6) is 0.105. The molecule has 1 aromatic carbocycles. The first-order valence-electron chi connectivity index (χ1n) is 11.3. The SMILES string of the molecule is Cc1ccc(-c2cc(C(=O)NC3CCCC3)c3c(C)nn(C4CCS(=O)(=O)C4)c3n2)cc1. The summed E-state index contributed by atoms with van der Waals surface area (Å²) >= 11 is 0. The van der Waals surface area contributed by atoms with Gasteiger partial charge in [0.2, 0.25) is 0 Å². The van der Waals surface area contributed by atoms with Crippen molar-refractivity contribution in [3.05, 3.63) is 47.2 Å². The van der Waals surface area contributed by atoms with E-state index >= 15 is 0 Å². The second kappa shape index (κ2) is 7.99. The summed E-state index contributed by atoms with van der Waals surface area (Å²) in [6, 6.07) is 9.82. The summed E-state index contributed by atoms with van der Waals surface area (Å²) in [5.41, 5.74) is 4.59. The molecule has 168 valence electrons. The molecule has 2 fully saturated rings. The number of carbonyl (C=O) groups is 1. The largest absolute Gasteiger partial charge is 0.349 e. The fourth-order valence-corrected chi connectivity index (χ4v) is 6.61. The number of hydrogen-bond acceptors (Lipinski definition) is 5. The lowest BCUT2D eigenvalue weighted by Gasteiger charge is -2.15. The Morgan fingerprint density at radius 3 is 2.47 bits per heavy atom. The number of carbonyl (C=O) groups excluding carboxylic acids is 1. The third kappa shape index (κ3) is 3.92. The quantitative estimate of drug-likeness (QED) is 0.651. The number of aromatic nitrogens is 3. The predicted molar refractivity (Wildman–Crippen MR) is 124 cm³/mol. The zero-order chi connectivity index (χ0) is 22.5. The van der Waals surface area contributed by atoms with Crippen molar-refractivity contribution >= 4 is 26.8 Å². The first-order chi connectivity index (χ1) is 15.3. The van der Waals surface area contributed by atoms with Crippen LogP contribution in [-0.4, -0.2) is 46.6 Å². The maximum Gasteiger partial charge on any atom is 0.252 e. The van der Waals surface area contributed by atoms with Gasteiger partial charge in [-0.05, 0) is 39.2 Å². The molecule has 5 rings (SSSR count). The highest BCUT2D eigenvalue weighted by atomic mass is 32.2. The fraction of sp³-hybridized carbons (Fsp3) is 0.458. The van der Waals surface area contributed by atoms with Gasteiger partial charge in [-0.3, -0.25) is 4.79 Å². The molecule has 1 aliphatic carbocycles. The molecule has 7 nitrogen and oxygen atoms in total. The number of sulfone groups is 1. The molecule has 1 amide bonds. The lowest BCUT2D eigenvalue weighted by Crippen LogP contribution is -2.32. The van der Waals surface area contributed by atoms with Crippen LogP contribution in [0.2, 0.25) is 0 Å². The zero-order valence-electron chi connectivity index (χ0n) is 18.5. The Morgan fingerprint density at radius 1 is 1.09 bits per heavy atom. The van der Waals surface area contributed by atoms with E-state index in [1.54, 1.807) is 4.68 Å². The van der Waals surface area contributed by atoms with Gasteiger partial charge in [0.25, 0.3) is 5.91 Å². The third-order valence-corrected chi connectivity index (χ3v) is 8.42. The number of amides is 1. The van der Waals surface area contributed by atoms with Crippen molar-refractivity contribution in [1.29, 1.82) is 0 Å². The van der Waals surface area contributed by atoms with Crippen molar-refractivity contribution in [2.24, 2.45) is 0 Å². The predicted octanol–water partition coefficient (Wildman–Crippen LogP) is 3.75. The minimum absolute atomic E-state index is 0.0588. The summed E-state index contributed by atoms with van der Waals surface area (Å²) in [6.07, 6.45) is 4.79. The minimum atomic E-state index is -3.08. The number of nitrogens with one attached hydrogen (secondary N) is 1. The Bertz CT molecular complexity index is 1290. The fourth-order valence-electron chi connectivity index (χ4n) is 4.92. The van der Waals surface area contributed by atoms with Gasteiger partial charge in [0.05, 0.1) is 39.9 Å². The third-order valence-electron chi connectivity index (χ3n) is 6.67. The van der Waals surface area contributed by atoms with Crippen molar-refractivity contribution in [1.82, 2.24) is 20.1 Å². The average molecular weight is 453 g/mol. The van der Waals surface area contributed by atoms with Crippen LogP contribution < -0.4 is 5.32 Å². The van der Waals surface area contributed by atoms with Crippen LogP contribution in [0.15, 0.2) is 30.3 Å². The second-order valence-electron chi connectivity index (χ2n) is 9.16. The van der Waals surface area contributed by atoms with Gasteiger partial charge in [0, 0.05) is 11.6 Å². The van der Waals surface area contributed by atoms with E-state index in [0.717, 1.165) is 36.8 Å². The van der Waals surface area contributed by atoms with Crippen LogP contribution in [0.5, 0.6) is 0 Å². The maximum atomic E-state index is 13.4. The summed E-state index contributed by atoms with van der Waals surface area (Å²) in [5, 5.41) is 8.57. The van der Waals surface area contributed by atoms with Crippen molar-refractivity contribution in [3.8, 4) is 11.3 Å². The molecule has 3 heterocycles. The van der Waals surface area contributed by atoms with Crippen LogP contribution in [0.4, 0.5) is 0 Å². The van der Waals surface area contributed by atoms with Gasteiger partial charge in [-0.2, -0.15) is 5.10 Å². The van der Waals surface area contributed by atoms with Gasteiger partial charge in [0.1, 0.15) is 0 Å². The number of hydrogen-bond donors (Lipinski definition) is 1. The number of rotatable bonds is 4. The molecule has 1 saturated carbocycles. The smallest absolute Gasteiger partial charge is 0.252 e. The van der Waals surface area contributed by atoms with E-state index in [0.29, 0.717) is 34.4 Å². The number of nitrogens with zero attached hydrogens (tertiary/aromatic N) is 3. The van der Waals surface area contributed by atoms with Crippen molar-refractivity contribution < 1.29 is 13.2 Å². The molecule has 0 radical (unpaired) electrons. The standard InChI is InChI=1S/C24H28N4O3S/c1-15-7-9-17(10-8-15)21-13-20(24(29)25-18-5-3-4-6-18)22-16(2)27-28(23(22)26-21)19-11-12-32(30,31)14-19/h7-10,13,18-19H,3-6,11-12,14H2,1-2H3,(H,25,29). The van der Waals surface area contributed by atoms with E-state index in [9.17, 15) is 13.2 Å². The Morgan fingerprint density at radius 2 is 1.81 bits per heavy atom. The van der Waals surface area contributed by atoms with Crippen molar-refractivity contribution in [2.45, 2.75) is 58.0 Å². The normalized spacial score (nSPS) is 20.8. The van der Waals surface area contributed by atoms with Crippen LogP contribution >= 0.6 is 0 Å². The topological polar surface area (TPSA) is 94.0 Å². The van der Waals surface area contributed by atoms with E-state index < -0.39 is 9.84 Å². The maximum absolute atomic E-state index is 13.4. The molecule has 0 bridgehead atoms. The molecule has 8 heteroatoms. The molecular weight excluding hydrogens is 424 g/mol. The molecule has 2 aliphatic rings. The molecule has 1 N–H and O–H groups in total. The van der Waals surface area contributed by atoms with E-state index in [2.05, 4.69) is 10.4 Å². The summed E-state index contributed by atoms with van der Waals surface area (Å²) < 4.78 is 26.0. The number of pyridine rings is 1. The van der Waals surface area contributed by atoms with E-state index in [1.165, 1.54) is 0 Å². The molecule has 1 saturated heterocycles. The number of fused-ring (bicyclic) bond motifs is 1. The highest BCUT2D eigenvalue weighted by Gasteiger charge is 2.32. The summed E-state index contributed by atoms with van der Waals surface area (Å²) in [6.45, 7) is 3.89. The van der Waals surface area contributed by atoms with Crippen LogP contribution in [-0.2, 0) is 9.84 Å². The monoisotopic (exact) mass is 452 g/mol. The first-order valence-corrected chi connectivity index (χ1v) is 13.1. The number of aryl methyl sites for hydroxylation is 2. The summed E-state index contributed by atoms with van der Waals surface area (Å²) in [4.78, 5) is 18.3. The van der Waals surface area contributed by atoms with E-state index in [4.69, 9.17) is 4.98 Å². The molecule has 1 unspecified atom stereocenters. The Labute approximate surface area is 188 Å².